The third-order valence-electron chi connectivity index (χ3n) is 4.22. The summed E-state index contributed by atoms with van der Waals surface area (Å²) in [6.45, 7) is 6.99. The fourth-order valence-electron chi connectivity index (χ4n) is 2.94. The Bertz CT molecular complexity index is 414. The molecule has 0 heterocycles. The molecular weight excluding hydrogens is 248 g/mol. The molecule has 0 aromatic heterocycles. The van der Waals surface area contributed by atoms with Crippen LogP contribution in [0.1, 0.15) is 58.4 Å². The summed E-state index contributed by atoms with van der Waals surface area (Å²) in [7, 11) is 0. The van der Waals surface area contributed by atoms with Crippen LogP contribution in [0.4, 0.5) is 0 Å². The Labute approximate surface area is 123 Å². The fourth-order valence-corrected chi connectivity index (χ4v) is 2.94. The average Bonchev–Trinajstić information content (AvgIpc) is 2.88. The third-order valence-corrected chi connectivity index (χ3v) is 4.22. The monoisotopic (exact) mass is 276 g/mol. The molecule has 1 unspecified atom stereocenters. The van der Waals surface area contributed by atoms with Crippen molar-refractivity contribution in [2.75, 3.05) is 6.61 Å². The van der Waals surface area contributed by atoms with E-state index in [1.165, 1.54) is 31.2 Å². The molecule has 1 saturated carbocycles. The van der Waals surface area contributed by atoms with E-state index in [-0.39, 0.29) is 11.5 Å². The van der Waals surface area contributed by atoms with E-state index in [2.05, 4.69) is 32.9 Å². The summed E-state index contributed by atoms with van der Waals surface area (Å²) in [5.74, 6) is 1.57. The first-order chi connectivity index (χ1) is 9.45. The summed E-state index contributed by atoms with van der Waals surface area (Å²) in [5.41, 5.74) is 1.39. The zero-order chi connectivity index (χ0) is 14.6. The Hall–Kier alpha value is -1.02. The molecule has 1 aliphatic carbocycles. The lowest BCUT2D eigenvalue weighted by atomic mass is 9.87. The smallest absolute Gasteiger partial charge is 0.119 e. The molecule has 0 spiro atoms. The van der Waals surface area contributed by atoms with Gasteiger partial charge < -0.3 is 9.84 Å². The van der Waals surface area contributed by atoms with Crippen molar-refractivity contribution in [1.29, 1.82) is 0 Å². The van der Waals surface area contributed by atoms with Gasteiger partial charge in [-0.25, -0.2) is 0 Å². The fraction of sp³-hybridized carbons (Fsp3) is 0.667. The van der Waals surface area contributed by atoms with E-state index >= 15 is 0 Å². The van der Waals surface area contributed by atoms with Gasteiger partial charge >= 0.3 is 0 Å². The summed E-state index contributed by atoms with van der Waals surface area (Å²) in [6, 6.07) is 8.21. The van der Waals surface area contributed by atoms with Crippen LogP contribution in [0.2, 0.25) is 0 Å². The Kier molecular flexibility index (Phi) is 5.09. The first-order valence-corrected chi connectivity index (χ1v) is 7.86. The van der Waals surface area contributed by atoms with Crippen molar-refractivity contribution in [2.45, 2.75) is 64.4 Å². The highest BCUT2D eigenvalue weighted by Gasteiger charge is 2.19. The number of hydrogen-bond donors (Lipinski definition) is 1. The van der Waals surface area contributed by atoms with Crippen molar-refractivity contribution in [3.05, 3.63) is 29.8 Å². The van der Waals surface area contributed by atoms with E-state index < -0.39 is 0 Å². The van der Waals surface area contributed by atoms with Gasteiger partial charge in [0.2, 0.25) is 0 Å². The lowest BCUT2D eigenvalue weighted by molar-refractivity contribution is 0.0855. The van der Waals surface area contributed by atoms with Gasteiger partial charge in [0.25, 0.3) is 0 Å². The molecule has 1 aromatic carbocycles. The number of ether oxygens (including phenoxy) is 1. The first kappa shape index (κ1) is 15.4. The van der Waals surface area contributed by atoms with Crippen molar-refractivity contribution in [1.82, 2.24) is 0 Å². The molecule has 20 heavy (non-hydrogen) atoms. The predicted molar refractivity (Wildman–Crippen MR) is 83.2 cm³/mol. The quantitative estimate of drug-likeness (QED) is 0.868. The molecule has 2 heteroatoms. The lowest BCUT2D eigenvalue weighted by Crippen LogP contribution is -2.20. The van der Waals surface area contributed by atoms with E-state index in [0.717, 1.165) is 12.2 Å². The Morgan fingerprint density at radius 2 is 1.95 bits per heavy atom. The van der Waals surface area contributed by atoms with E-state index in [0.29, 0.717) is 12.5 Å². The number of rotatable bonds is 5. The Balaban J connectivity index is 1.84. The minimum atomic E-state index is -0.337. The van der Waals surface area contributed by atoms with Crippen LogP contribution in [0.3, 0.4) is 0 Å². The number of hydrogen-bond acceptors (Lipinski definition) is 2. The highest BCUT2D eigenvalue weighted by molar-refractivity contribution is 5.32. The largest absolute Gasteiger partial charge is 0.491 e. The van der Waals surface area contributed by atoms with Crippen LogP contribution in [0, 0.1) is 5.92 Å². The summed E-state index contributed by atoms with van der Waals surface area (Å²) < 4.78 is 5.76. The normalized spacial score (nSPS) is 18.2. The molecule has 1 fully saturated rings. The molecule has 1 N–H and O–H groups in total. The first-order valence-electron chi connectivity index (χ1n) is 7.86. The van der Waals surface area contributed by atoms with Crippen LogP contribution in [-0.2, 0) is 5.41 Å². The second-order valence-electron chi connectivity index (χ2n) is 7.13. The molecule has 1 aliphatic rings. The minimum absolute atomic E-state index is 0.127. The van der Waals surface area contributed by atoms with Crippen molar-refractivity contribution < 1.29 is 9.84 Å². The van der Waals surface area contributed by atoms with Gasteiger partial charge in [-0.05, 0) is 35.4 Å². The predicted octanol–water partition coefficient (Wildman–Crippen LogP) is 4.30. The van der Waals surface area contributed by atoms with Gasteiger partial charge in [0.05, 0.1) is 6.10 Å². The summed E-state index contributed by atoms with van der Waals surface area (Å²) in [6.07, 6.45) is 5.75. The van der Waals surface area contributed by atoms with Crippen LogP contribution in [0.5, 0.6) is 5.75 Å². The molecule has 1 aromatic rings. The van der Waals surface area contributed by atoms with Gasteiger partial charge in [0, 0.05) is 0 Å². The van der Waals surface area contributed by atoms with Crippen LogP contribution >= 0.6 is 0 Å². The van der Waals surface area contributed by atoms with E-state index in [4.69, 9.17) is 4.74 Å². The lowest BCUT2D eigenvalue weighted by Gasteiger charge is -2.20. The molecule has 0 aliphatic heterocycles. The third kappa shape index (κ3) is 4.52. The maximum atomic E-state index is 10.1. The molecule has 2 nitrogen and oxygen atoms in total. The minimum Gasteiger partial charge on any atom is -0.491 e. The maximum absolute atomic E-state index is 10.1. The van der Waals surface area contributed by atoms with E-state index in [1.807, 2.05) is 12.1 Å². The molecule has 0 radical (unpaired) electrons. The van der Waals surface area contributed by atoms with Gasteiger partial charge in [-0.1, -0.05) is 58.6 Å². The summed E-state index contributed by atoms with van der Waals surface area (Å²) in [4.78, 5) is 0. The number of aliphatic hydroxyl groups excluding tert-OH is 1. The molecule has 0 bridgehead atoms. The number of aliphatic hydroxyl groups is 1. The Morgan fingerprint density at radius 3 is 2.60 bits per heavy atom. The molecule has 112 valence electrons. The van der Waals surface area contributed by atoms with Gasteiger partial charge in [0.1, 0.15) is 12.4 Å². The molecular formula is C18H28O2. The van der Waals surface area contributed by atoms with Gasteiger partial charge in [-0.15, -0.1) is 0 Å². The molecule has 1 atom stereocenters. The van der Waals surface area contributed by atoms with Crippen LogP contribution < -0.4 is 4.74 Å². The van der Waals surface area contributed by atoms with Crippen molar-refractivity contribution in [3.63, 3.8) is 0 Å². The van der Waals surface area contributed by atoms with Crippen LogP contribution in [0.25, 0.3) is 0 Å². The second-order valence-corrected chi connectivity index (χ2v) is 7.13. The van der Waals surface area contributed by atoms with Gasteiger partial charge in [-0.2, -0.15) is 0 Å². The average molecular weight is 276 g/mol. The van der Waals surface area contributed by atoms with Crippen molar-refractivity contribution in [2.24, 2.45) is 5.92 Å². The molecule has 0 saturated heterocycles. The second kappa shape index (κ2) is 6.62. The maximum Gasteiger partial charge on any atom is 0.119 e. The standard InChI is InChI=1S/C18H28O2/c1-18(2,3)15-9-6-10-17(12-15)20-13-16(19)11-14-7-4-5-8-14/h6,9-10,12,14,16,19H,4-5,7-8,11,13H2,1-3H3. The molecule has 0 amide bonds. The summed E-state index contributed by atoms with van der Waals surface area (Å²) in [5, 5.41) is 10.1. The highest BCUT2D eigenvalue weighted by atomic mass is 16.5. The molecule has 2 rings (SSSR count). The van der Waals surface area contributed by atoms with Crippen LogP contribution in [0.15, 0.2) is 24.3 Å². The summed E-state index contributed by atoms with van der Waals surface area (Å²) >= 11 is 0. The van der Waals surface area contributed by atoms with Gasteiger partial charge in [0.15, 0.2) is 0 Å². The topological polar surface area (TPSA) is 29.5 Å². The number of benzene rings is 1. The van der Waals surface area contributed by atoms with Gasteiger partial charge in [-0.3, -0.25) is 0 Å². The van der Waals surface area contributed by atoms with E-state index in [9.17, 15) is 5.11 Å². The van der Waals surface area contributed by atoms with Crippen molar-refractivity contribution in [3.8, 4) is 5.75 Å². The van der Waals surface area contributed by atoms with E-state index in [1.54, 1.807) is 0 Å². The van der Waals surface area contributed by atoms with Crippen molar-refractivity contribution >= 4 is 0 Å². The zero-order valence-corrected chi connectivity index (χ0v) is 13.1. The van der Waals surface area contributed by atoms with Crippen LogP contribution in [-0.4, -0.2) is 17.8 Å². The zero-order valence-electron chi connectivity index (χ0n) is 13.1. The Morgan fingerprint density at radius 1 is 1.25 bits per heavy atom. The SMILES string of the molecule is CC(C)(C)c1cccc(OCC(O)CC2CCCC2)c1. The highest BCUT2D eigenvalue weighted by Crippen LogP contribution is 2.29.